The van der Waals surface area contributed by atoms with E-state index in [0.717, 1.165) is 48.5 Å². The lowest BCUT2D eigenvalue weighted by atomic mass is 10.0. The lowest BCUT2D eigenvalue weighted by Gasteiger charge is -2.16. The van der Waals surface area contributed by atoms with Crippen molar-refractivity contribution < 1.29 is 27.5 Å². The normalized spacial score (nSPS) is 11.0. The Kier molecular flexibility index (Phi) is 13.6. The second-order valence-electron chi connectivity index (χ2n) is 12.4. The van der Waals surface area contributed by atoms with E-state index in [1.54, 1.807) is 24.3 Å². The predicted octanol–water partition coefficient (Wildman–Crippen LogP) is 10.8. The van der Waals surface area contributed by atoms with Crippen LogP contribution < -0.4 is 9.47 Å². The number of carbonyl (C=O) groups is 2. The first-order chi connectivity index (χ1) is 25.4. The standard InChI is InChI=1S/C25H22BrNO3S.C18H17BrO3/c1-18-8-14-24(27(18)21-10-12-22(13-11-21)31(2,28)29)23-16-20(26)9-15-25(23)30-17-19-6-4-3-5-7-19;1-13(20)7-9-17(21)16-11-15(19)8-10-18(16)22-12-14-5-3-2-4-6-14/h3-16H,17H2,1-2H3;2-6,8,10-11H,7,9,12H2,1H3. The molecule has 0 amide bonds. The number of carbonyl (C=O) groups excluding carboxylic acids is 2. The fraction of sp³-hybridized carbons (Fsp3) is 0.163. The van der Waals surface area contributed by atoms with Gasteiger partial charge in [0.1, 0.15) is 30.5 Å². The smallest absolute Gasteiger partial charge is 0.175 e. The van der Waals surface area contributed by atoms with Gasteiger partial charge in [-0.15, -0.1) is 0 Å². The summed E-state index contributed by atoms with van der Waals surface area (Å²) in [6.07, 6.45) is 1.67. The minimum absolute atomic E-state index is 0.00935. The maximum atomic E-state index is 12.3. The van der Waals surface area contributed by atoms with Crippen molar-refractivity contribution in [1.29, 1.82) is 0 Å². The first kappa shape index (κ1) is 39.4. The van der Waals surface area contributed by atoms with Crippen LogP contribution in [0.15, 0.2) is 147 Å². The first-order valence-electron chi connectivity index (χ1n) is 16.8. The largest absolute Gasteiger partial charge is 0.488 e. The van der Waals surface area contributed by atoms with Crippen molar-refractivity contribution in [2.75, 3.05) is 6.26 Å². The Morgan fingerprint density at radius 2 is 1.21 bits per heavy atom. The molecule has 53 heavy (non-hydrogen) atoms. The zero-order chi connectivity index (χ0) is 38.0. The van der Waals surface area contributed by atoms with Crippen LogP contribution in [0.25, 0.3) is 16.9 Å². The van der Waals surface area contributed by atoms with Gasteiger partial charge in [-0.3, -0.25) is 4.79 Å². The monoisotopic (exact) mass is 855 g/mol. The summed E-state index contributed by atoms with van der Waals surface area (Å²) in [6, 6.07) is 42.2. The molecular weight excluding hydrogens is 818 g/mol. The van der Waals surface area contributed by atoms with Gasteiger partial charge < -0.3 is 18.8 Å². The molecule has 0 aliphatic heterocycles. The van der Waals surface area contributed by atoms with Crippen molar-refractivity contribution in [1.82, 2.24) is 4.57 Å². The third-order valence-electron chi connectivity index (χ3n) is 8.24. The van der Waals surface area contributed by atoms with Crippen LogP contribution in [0.2, 0.25) is 0 Å². The van der Waals surface area contributed by atoms with Crippen LogP contribution in [0.1, 0.15) is 46.9 Å². The topological polar surface area (TPSA) is 91.7 Å². The minimum Gasteiger partial charge on any atom is -0.488 e. The van der Waals surface area contributed by atoms with Gasteiger partial charge in [0.2, 0.25) is 0 Å². The lowest BCUT2D eigenvalue weighted by molar-refractivity contribution is -0.117. The van der Waals surface area contributed by atoms with Gasteiger partial charge in [0.05, 0.1) is 16.2 Å². The molecule has 0 unspecified atom stereocenters. The number of ether oxygens (including phenoxy) is 2. The summed E-state index contributed by atoms with van der Waals surface area (Å²) in [6.45, 7) is 4.38. The molecule has 0 N–H and O–H groups in total. The highest BCUT2D eigenvalue weighted by Gasteiger charge is 2.17. The van der Waals surface area contributed by atoms with E-state index >= 15 is 0 Å². The van der Waals surface area contributed by atoms with E-state index in [-0.39, 0.29) is 24.4 Å². The fourth-order valence-electron chi connectivity index (χ4n) is 5.50. The molecule has 6 rings (SSSR count). The summed E-state index contributed by atoms with van der Waals surface area (Å²) >= 11 is 6.94. The zero-order valence-corrected chi connectivity index (χ0v) is 33.6. The summed E-state index contributed by atoms with van der Waals surface area (Å²) in [5, 5.41) is 0. The molecule has 0 bridgehead atoms. The molecule has 1 heterocycles. The second-order valence-corrected chi connectivity index (χ2v) is 16.3. The molecule has 1 aromatic heterocycles. The van der Waals surface area contributed by atoms with Crippen LogP contribution >= 0.6 is 31.9 Å². The summed E-state index contributed by atoms with van der Waals surface area (Å²) in [4.78, 5) is 23.6. The Labute approximate surface area is 327 Å². The third-order valence-corrected chi connectivity index (χ3v) is 10.4. The molecule has 272 valence electrons. The second kappa shape index (κ2) is 18.3. The molecule has 0 saturated carbocycles. The molecule has 0 spiro atoms. The molecule has 7 nitrogen and oxygen atoms in total. The van der Waals surface area contributed by atoms with Crippen LogP contribution in [0.4, 0.5) is 0 Å². The SMILES string of the molecule is CC(=O)CCC(=O)c1cc(Br)ccc1OCc1ccccc1.Cc1ccc(-c2cc(Br)ccc2OCc2ccccc2)n1-c1ccc(S(C)(=O)=O)cc1. The van der Waals surface area contributed by atoms with E-state index < -0.39 is 9.84 Å². The van der Waals surface area contributed by atoms with Crippen LogP contribution in [-0.2, 0) is 27.8 Å². The highest BCUT2D eigenvalue weighted by molar-refractivity contribution is 9.10. The van der Waals surface area contributed by atoms with E-state index in [0.29, 0.717) is 29.4 Å². The van der Waals surface area contributed by atoms with E-state index in [1.807, 2.05) is 110 Å². The Morgan fingerprint density at radius 1 is 0.660 bits per heavy atom. The van der Waals surface area contributed by atoms with Gasteiger partial charge in [0.15, 0.2) is 15.6 Å². The van der Waals surface area contributed by atoms with Crippen molar-refractivity contribution in [2.24, 2.45) is 0 Å². The van der Waals surface area contributed by atoms with Gasteiger partial charge in [0, 0.05) is 45.0 Å². The number of benzene rings is 5. The number of aryl methyl sites for hydroxylation is 1. The Morgan fingerprint density at radius 3 is 1.77 bits per heavy atom. The maximum Gasteiger partial charge on any atom is 0.175 e. The van der Waals surface area contributed by atoms with Gasteiger partial charge in [-0.1, -0.05) is 92.5 Å². The maximum absolute atomic E-state index is 12.3. The summed E-state index contributed by atoms with van der Waals surface area (Å²) < 4.78 is 39.5. The van der Waals surface area contributed by atoms with Crippen LogP contribution in [-0.4, -0.2) is 30.8 Å². The van der Waals surface area contributed by atoms with E-state index in [2.05, 4.69) is 42.5 Å². The van der Waals surface area contributed by atoms with E-state index in [1.165, 1.54) is 13.2 Å². The van der Waals surface area contributed by atoms with Crippen LogP contribution in [0, 0.1) is 6.92 Å². The molecule has 10 heteroatoms. The molecule has 5 aromatic carbocycles. The summed E-state index contributed by atoms with van der Waals surface area (Å²) in [5.41, 5.74) is 6.48. The third kappa shape index (κ3) is 11.1. The van der Waals surface area contributed by atoms with E-state index in [4.69, 9.17) is 9.47 Å². The van der Waals surface area contributed by atoms with E-state index in [9.17, 15) is 18.0 Å². The lowest BCUT2D eigenvalue weighted by Crippen LogP contribution is -2.06. The summed E-state index contributed by atoms with van der Waals surface area (Å²) in [5.74, 6) is 1.24. The highest BCUT2D eigenvalue weighted by Crippen LogP contribution is 2.36. The molecular formula is C43H39Br2NO6S. The average Bonchev–Trinajstić information content (AvgIpc) is 3.54. The first-order valence-corrected chi connectivity index (χ1v) is 20.3. The number of Topliss-reactive ketones (excluding diaryl/α,β-unsaturated/α-hetero) is 2. The fourth-order valence-corrected chi connectivity index (χ4v) is 6.86. The van der Waals surface area contributed by atoms with Gasteiger partial charge in [-0.25, -0.2) is 8.42 Å². The van der Waals surface area contributed by atoms with Gasteiger partial charge in [0.25, 0.3) is 0 Å². The summed E-state index contributed by atoms with van der Waals surface area (Å²) in [7, 11) is -3.24. The van der Waals surface area contributed by atoms with Crippen molar-refractivity contribution in [3.8, 4) is 28.4 Å². The molecule has 0 aliphatic carbocycles. The van der Waals surface area contributed by atoms with Crippen LogP contribution in [0.3, 0.4) is 0 Å². The molecule has 0 atom stereocenters. The Bertz CT molecular complexity index is 2290. The number of rotatable bonds is 13. The Hall–Kier alpha value is -4.77. The number of hydrogen-bond acceptors (Lipinski definition) is 6. The molecule has 0 radical (unpaired) electrons. The van der Waals surface area contributed by atoms with Gasteiger partial charge in [-0.2, -0.15) is 0 Å². The number of hydrogen-bond donors (Lipinski definition) is 0. The molecule has 0 saturated heterocycles. The average molecular weight is 858 g/mol. The minimum atomic E-state index is -3.24. The number of halogens is 2. The number of aromatic nitrogens is 1. The van der Waals surface area contributed by atoms with Crippen molar-refractivity contribution in [3.05, 3.63) is 165 Å². The van der Waals surface area contributed by atoms with Crippen molar-refractivity contribution in [2.45, 2.75) is 44.8 Å². The quantitative estimate of drug-likeness (QED) is 0.107. The number of sulfone groups is 1. The van der Waals surface area contributed by atoms with Crippen LogP contribution in [0.5, 0.6) is 11.5 Å². The number of ketones is 2. The predicted molar refractivity (Wildman–Crippen MR) is 217 cm³/mol. The zero-order valence-electron chi connectivity index (χ0n) is 29.6. The number of nitrogens with zero attached hydrogens (tertiary/aromatic N) is 1. The van der Waals surface area contributed by atoms with Gasteiger partial charge in [-0.05, 0) is 97.8 Å². The Balaban J connectivity index is 0.000000217. The van der Waals surface area contributed by atoms with Gasteiger partial charge >= 0.3 is 0 Å². The molecule has 6 aromatic rings. The highest BCUT2D eigenvalue weighted by atomic mass is 79.9. The van der Waals surface area contributed by atoms with Crippen molar-refractivity contribution >= 4 is 53.3 Å². The molecule has 0 aliphatic rings. The molecule has 0 fully saturated rings. The van der Waals surface area contributed by atoms with Crippen molar-refractivity contribution in [3.63, 3.8) is 0 Å².